The van der Waals surface area contributed by atoms with Gasteiger partial charge in [0, 0.05) is 16.8 Å². The minimum absolute atomic E-state index is 0.163. The van der Waals surface area contributed by atoms with E-state index in [1.165, 1.54) is 13.2 Å². The summed E-state index contributed by atoms with van der Waals surface area (Å²) in [5.41, 5.74) is 2.44. The van der Waals surface area contributed by atoms with Crippen molar-refractivity contribution < 1.29 is 19.1 Å². The van der Waals surface area contributed by atoms with E-state index in [0.29, 0.717) is 16.5 Å². The Morgan fingerprint density at radius 1 is 1.16 bits per heavy atom. The molecule has 6 heteroatoms. The van der Waals surface area contributed by atoms with Gasteiger partial charge in [0.2, 0.25) is 5.91 Å². The first kappa shape index (κ1) is 18.5. The third-order valence-electron chi connectivity index (χ3n) is 3.33. The van der Waals surface area contributed by atoms with E-state index in [9.17, 15) is 9.59 Å². The number of rotatable bonds is 6. The molecule has 0 spiro atoms. The third kappa shape index (κ3) is 5.97. The van der Waals surface area contributed by atoms with Gasteiger partial charge in [0.1, 0.15) is 5.75 Å². The minimum Gasteiger partial charge on any atom is -0.482 e. The van der Waals surface area contributed by atoms with Gasteiger partial charge in [0.05, 0.1) is 7.11 Å². The molecule has 1 amide bonds. The first-order valence-corrected chi connectivity index (χ1v) is 7.90. The lowest BCUT2D eigenvalue weighted by atomic mass is 10.1. The van der Waals surface area contributed by atoms with Gasteiger partial charge in [-0.2, -0.15) is 0 Å². The number of nitrogens with one attached hydrogen (secondary N) is 1. The number of methoxy groups -OCH3 is 1. The Morgan fingerprint density at radius 2 is 1.88 bits per heavy atom. The molecular formula is C19H18ClNO4. The Bertz CT molecular complexity index is 785. The van der Waals surface area contributed by atoms with E-state index < -0.39 is 5.97 Å². The van der Waals surface area contributed by atoms with Crippen molar-refractivity contribution in [2.45, 2.75) is 6.92 Å². The standard InChI is InChI=1S/C19H18ClNO4/c1-13-3-4-14(11-17(13)20)5-10-18(22)21-15-6-8-16(9-7-15)25-12-19(23)24-2/h3-11H,12H2,1-2H3,(H,21,22)/b10-5+. The summed E-state index contributed by atoms with van der Waals surface area (Å²) in [5, 5.41) is 3.39. The fourth-order valence-electron chi connectivity index (χ4n) is 1.90. The van der Waals surface area contributed by atoms with Crippen molar-refractivity contribution in [2.24, 2.45) is 0 Å². The van der Waals surface area contributed by atoms with Gasteiger partial charge in [0.25, 0.3) is 0 Å². The average molecular weight is 360 g/mol. The average Bonchev–Trinajstić information content (AvgIpc) is 2.62. The fourth-order valence-corrected chi connectivity index (χ4v) is 2.09. The van der Waals surface area contributed by atoms with Gasteiger partial charge < -0.3 is 14.8 Å². The van der Waals surface area contributed by atoms with Crippen molar-refractivity contribution in [1.29, 1.82) is 0 Å². The van der Waals surface area contributed by atoms with Crippen LogP contribution in [0.4, 0.5) is 5.69 Å². The molecule has 0 radical (unpaired) electrons. The van der Waals surface area contributed by atoms with Crippen LogP contribution in [0.5, 0.6) is 5.75 Å². The van der Waals surface area contributed by atoms with E-state index in [1.54, 1.807) is 36.4 Å². The molecule has 0 fully saturated rings. The topological polar surface area (TPSA) is 64.6 Å². The second-order valence-electron chi connectivity index (χ2n) is 5.22. The number of hydrogen-bond acceptors (Lipinski definition) is 4. The van der Waals surface area contributed by atoms with E-state index in [-0.39, 0.29) is 12.5 Å². The molecular weight excluding hydrogens is 342 g/mol. The summed E-state index contributed by atoms with van der Waals surface area (Å²) in [7, 11) is 1.29. The second-order valence-corrected chi connectivity index (χ2v) is 5.63. The molecule has 0 aromatic heterocycles. The van der Waals surface area contributed by atoms with Crippen molar-refractivity contribution >= 4 is 35.2 Å². The SMILES string of the molecule is COC(=O)COc1ccc(NC(=O)/C=C/c2ccc(C)c(Cl)c2)cc1. The number of esters is 1. The molecule has 25 heavy (non-hydrogen) atoms. The zero-order valence-electron chi connectivity index (χ0n) is 13.9. The van der Waals surface area contributed by atoms with Crippen LogP contribution in [0.1, 0.15) is 11.1 Å². The van der Waals surface area contributed by atoms with Gasteiger partial charge in [-0.05, 0) is 54.5 Å². The van der Waals surface area contributed by atoms with Gasteiger partial charge in [-0.15, -0.1) is 0 Å². The Morgan fingerprint density at radius 3 is 2.52 bits per heavy atom. The highest BCUT2D eigenvalue weighted by Gasteiger charge is 2.03. The molecule has 0 aliphatic heterocycles. The predicted molar refractivity (Wildman–Crippen MR) is 97.8 cm³/mol. The monoisotopic (exact) mass is 359 g/mol. The smallest absolute Gasteiger partial charge is 0.343 e. The maximum absolute atomic E-state index is 12.0. The van der Waals surface area contributed by atoms with Crippen molar-refractivity contribution in [1.82, 2.24) is 0 Å². The molecule has 0 aliphatic rings. The van der Waals surface area contributed by atoms with Crippen LogP contribution in [0.2, 0.25) is 5.02 Å². The number of carbonyl (C=O) groups excluding carboxylic acids is 2. The molecule has 0 saturated carbocycles. The van der Waals surface area contributed by atoms with Crippen LogP contribution >= 0.6 is 11.6 Å². The van der Waals surface area contributed by atoms with E-state index in [4.69, 9.17) is 16.3 Å². The number of ether oxygens (including phenoxy) is 2. The third-order valence-corrected chi connectivity index (χ3v) is 3.74. The largest absolute Gasteiger partial charge is 0.482 e. The number of amides is 1. The molecule has 5 nitrogen and oxygen atoms in total. The Labute approximate surface area is 151 Å². The molecule has 2 aromatic carbocycles. The first-order valence-electron chi connectivity index (χ1n) is 7.53. The van der Waals surface area contributed by atoms with Crippen LogP contribution in [0.25, 0.3) is 6.08 Å². The quantitative estimate of drug-likeness (QED) is 0.628. The first-order chi connectivity index (χ1) is 12.0. The number of halogens is 1. The number of hydrogen-bond donors (Lipinski definition) is 1. The van der Waals surface area contributed by atoms with Crippen LogP contribution in [0.3, 0.4) is 0 Å². The van der Waals surface area contributed by atoms with Crippen LogP contribution in [-0.2, 0) is 14.3 Å². The normalized spacial score (nSPS) is 10.5. The number of carbonyl (C=O) groups is 2. The molecule has 1 N–H and O–H groups in total. The lowest BCUT2D eigenvalue weighted by Gasteiger charge is -2.06. The van der Waals surface area contributed by atoms with Gasteiger partial charge in [0.15, 0.2) is 6.61 Å². The maximum atomic E-state index is 12.0. The van der Waals surface area contributed by atoms with Crippen molar-refractivity contribution in [2.75, 3.05) is 19.0 Å². The highest BCUT2D eigenvalue weighted by Crippen LogP contribution is 2.18. The van der Waals surface area contributed by atoms with Crippen LogP contribution in [0, 0.1) is 6.92 Å². The Balaban J connectivity index is 1.90. The van der Waals surface area contributed by atoms with E-state index in [2.05, 4.69) is 10.1 Å². The molecule has 0 saturated heterocycles. The van der Waals surface area contributed by atoms with Crippen LogP contribution in [-0.4, -0.2) is 25.6 Å². The highest BCUT2D eigenvalue weighted by atomic mass is 35.5. The minimum atomic E-state index is -0.460. The molecule has 130 valence electrons. The Kier molecular flexibility index (Phi) is 6.60. The van der Waals surface area contributed by atoms with E-state index in [1.807, 2.05) is 19.1 Å². The van der Waals surface area contributed by atoms with Gasteiger partial charge >= 0.3 is 5.97 Å². The van der Waals surface area contributed by atoms with Gasteiger partial charge in [-0.1, -0.05) is 23.7 Å². The lowest BCUT2D eigenvalue weighted by Crippen LogP contribution is -2.12. The van der Waals surface area contributed by atoms with Crippen molar-refractivity contribution in [3.05, 3.63) is 64.7 Å². The summed E-state index contributed by atoms with van der Waals surface area (Å²) >= 11 is 6.05. The molecule has 0 heterocycles. The summed E-state index contributed by atoms with van der Waals surface area (Å²) in [6.45, 7) is 1.76. The molecule has 0 aliphatic carbocycles. The zero-order chi connectivity index (χ0) is 18.2. The second kappa shape index (κ2) is 8.89. The fraction of sp³-hybridized carbons (Fsp3) is 0.158. The van der Waals surface area contributed by atoms with Gasteiger partial charge in [-0.25, -0.2) is 4.79 Å². The predicted octanol–water partition coefficient (Wildman–Crippen LogP) is 3.85. The van der Waals surface area contributed by atoms with Crippen LogP contribution in [0.15, 0.2) is 48.5 Å². The molecule has 0 bridgehead atoms. The maximum Gasteiger partial charge on any atom is 0.343 e. The van der Waals surface area contributed by atoms with Crippen molar-refractivity contribution in [3.8, 4) is 5.75 Å². The lowest BCUT2D eigenvalue weighted by molar-refractivity contribution is -0.142. The van der Waals surface area contributed by atoms with Gasteiger partial charge in [-0.3, -0.25) is 4.79 Å². The summed E-state index contributed by atoms with van der Waals surface area (Å²) in [5.74, 6) is -0.216. The molecule has 0 unspecified atom stereocenters. The number of aryl methyl sites for hydroxylation is 1. The van der Waals surface area contributed by atoms with Crippen LogP contribution < -0.4 is 10.1 Å². The molecule has 2 rings (SSSR count). The number of anilines is 1. The highest BCUT2D eigenvalue weighted by molar-refractivity contribution is 6.31. The summed E-state index contributed by atoms with van der Waals surface area (Å²) in [6, 6.07) is 12.3. The van der Waals surface area contributed by atoms with Crippen molar-refractivity contribution in [3.63, 3.8) is 0 Å². The van der Waals surface area contributed by atoms with E-state index in [0.717, 1.165) is 11.1 Å². The molecule has 2 aromatic rings. The number of benzene rings is 2. The van der Waals surface area contributed by atoms with E-state index >= 15 is 0 Å². The summed E-state index contributed by atoms with van der Waals surface area (Å²) in [6.07, 6.45) is 3.12. The molecule has 0 atom stereocenters. The summed E-state index contributed by atoms with van der Waals surface area (Å²) in [4.78, 5) is 23.0. The summed E-state index contributed by atoms with van der Waals surface area (Å²) < 4.78 is 9.72. The Hall–Kier alpha value is -2.79. The zero-order valence-corrected chi connectivity index (χ0v) is 14.7.